The van der Waals surface area contributed by atoms with Crippen LogP contribution >= 0.6 is 0 Å². The molecule has 0 saturated carbocycles. The number of hydrogen-bond acceptors (Lipinski definition) is 10. The Balaban J connectivity index is 2.26. The predicted molar refractivity (Wildman–Crippen MR) is 104 cm³/mol. The molecule has 1 heterocycles. The number of urea groups is 1. The van der Waals surface area contributed by atoms with Gasteiger partial charge >= 0.3 is 16.3 Å². The molecule has 13 nitrogen and oxygen atoms in total. The average molecular weight is 461 g/mol. The quantitative estimate of drug-likeness (QED) is 0.554. The summed E-state index contributed by atoms with van der Waals surface area (Å²) in [5.74, 6) is -0.662. The SMILES string of the molecule is COc1cc(OC)nc(NC(=O)NS(=O)(=O)c2ccccc2OS(=O)(=O)N(C)C)n1. The van der Waals surface area contributed by atoms with Crippen LogP contribution in [-0.4, -0.2) is 65.5 Å². The Morgan fingerprint density at radius 2 is 1.57 bits per heavy atom. The normalized spacial score (nSPS) is 11.6. The van der Waals surface area contributed by atoms with Crippen molar-refractivity contribution in [1.29, 1.82) is 0 Å². The first-order chi connectivity index (χ1) is 14.0. The van der Waals surface area contributed by atoms with Crippen LogP contribution < -0.4 is 23.7 Å². The van der Waals surface area contributed by atoms with Crippen LogP contribution in [0.1, 0.15) is 0 Å². The molecule has 0 aliphatic heterocycles. The van der Waals surface area contributed by atoms with Crippen LogP contribution in [0.15, 0.2) is 35.2 Å². The Kier molecular flexibility index (Phi) is 7.01. The first-order valence-corrected chi connectivity index (χ1v) is 10.8. The summed E-state index contributed by atoms with van der Waals surface area (Å²) in [6, 6.07) is 5.03. The van der Waals surface area contributed by atoms with Gasteiger partial charge in [-0.15, -0.1) is 0 Å². The van der Waals surface area contributed by atoms with Gasteiger partial charge in [0.2, 0.25) is 17.7 Å². The van der Waals surface area contributed by atoms with Crippen LogP contribution in [0.5, 0.6) is 17.5 Å². The summed E-state index contributed by atoms with van der Waals surface area (Å²) < 4.78 is 66.2. The van der Waals surface area contributed by atoms with Gasteiger partial charge in [0.1, 0.15) is 4.90 Å². The molecule has 0 fully saturated rings. The van der Waals surface area contributed by atoms with Crippen LogP contribution in [0, 0.1) is 0 Å². The van der Waals surface area contributed by atoms with E-state index < -0.39 is 37.0 Å². The number of nitrogens with one attached hydrogen (secondary N) is 2. The van der Waals surface area contributed by atoms with E-state index in [1.165, 1.54) is 46.5 Å². The highest BCUT2D eigenvalue weighted by Gasteiger charge is 2.26. The number of aromatic nitrogens is 2. The Labute approximate surface area is 173 Å². The maximum atomic E-state index is 12.6. The van der Waals surface area contributed by atoms with E-state index in [-0.39, 0.29) is 17.7 Å². The fourth-order valence-corrected chi connectivity index (χ4v) is 3.51. The number of carbonyl (C=O) groups is 1. The average Bonchev–Trinajstić information content (AvgIpc) is 2.66. The molecule has 0 unspecified atom stereocenters. The van der Waals surface area contributed by atoms with Crippen molar-refractivity contribution in [2.45, 2.75) is 4.90 Å². The molecule has 2 rings (SSSR count). The maximum absolute atomic E-state index is 12.6. The number of carbonyl (C=O) groups excluding carboxylic acids is 1. The highest BCUT2D eigenvalue weighted by molar-refractivity contribution is 7.90. The van der Waals surface area contributed by atoms with Crippen LogP contribution in [0.2, 0.25) is 0 Å². The van der Waals surface area contributed by atoms with Crippen molar-refractivity contribution in [2.24, 2.45) is 0 Å². The van der Waals surface area contributed by atoms with E-state index >= 15 is 0 Å². The standard InChI is InChI=1S/C15H19N5O8S2/c1-20(2)30(24,25)28-10-7-5-6-8-11(10)29(22,23)19-15(21)18-14-16-12(26-3)9-13(17-14)27-4/h5-9H,1-4H3,(H2,16,17,18,19,21). The minimum absolute atomic E-state index is 0.0626. The molecule has 2 N–H and O–H groups in total. The number of hydrogen-bond donors (Lipinski definition) is 2. The van der Waals surface area contributed by atoms with E-state index in [0.29, 0.717) is 0 Å². The molecular formula is C15H19N5O8S2. The van der Waals surface area contributed by atoms with Crippen LogP contribution in [0.4, 0.5) is 10.7 Å². The fourth-order valence-electron chi connectivity index (χ4n) is 1.90. The predicted octanol–water partition coefficient (Wildman–Crippen LogP) is 0.189. The lowest BCUT2D eigenvalue weighted by Gasteiger charge is -2.15. The summed E-state index contributed by atoms with van der Waals surface area (Å²) >= 11 is 0. The third-order valence-electron chi connectivity index (χ3n) is 3.33. The van der Waals surface area contributed by atoms with Gasteiger partial charge in [0.15, 0.2) is 5.75 Å². The monoisotopic (exact) mass is 461 g/mol. The Morgan fingerprint density at radius 1 is 1.00 bits per heavy atom. The molecule has 2 amide bonds. The van der Waals surface area contributed by atoms with Crippen LogP contribution in [-0.2, 0) is 20.3 Å². The molecule has 2 aromatic rings. The van der Waals surface area contributed by atoms with Gasteiger partial charge in [0, 0.05) is 14.1 Å². The minimum atomic E-state index is -4.53. The second-order valence-electron chi connectivity index (χ2n) is 5.61. The van der Waals surface area contributed by atoms with Crippen LogP contribution in [0.25, 0.3) is 0 Å². The van der Waals surface area contributed by atoms with E-state index in [4.69, 9.17) is 13.7 Å². The van der Waals surface area contributed by atoms with Crippen molar-refractivity contribution in [3.63, 3.8) is 0 Å². The summed E-state index contributed by atoms with van der Waals surface area (Å²) in [4.78, 5) is 19.3. The molecule has 1 aromatic carbocycles. The summed E-state index contributed by atoms with van der Waals surface area (Å²) in [5.41, 5.74) is 0. The number of benzene rings is 1. The zero-order valence-electron chi connectivity index (χ0n) is 16.3. The molecule has 0 bridgehead atoms. The van der Waals surface area contributed by atoms with Gasteiger partial charge in [-0.05, 0) is 12.1 Å². The Morgan fingerprint density at radius 3 is 2.10 bits per heavy atom. The van der Waals surface area contributed by atoms with Crippen molar-refractivity contribution >= 4 is 32.3 Å². The molecule has 164 valence electrons. The number of methoxy groups -OCH3 is 2. The van der Waals surface area contributed by atoms with Gasteiger partial charge < -0.3 is 13.7 Å². The minimum Gasteiger partial charge on any atom is -0.481 e. The largest absolute Gasteiger partial charge is 0.481 e. The number of nitrogens with zero attached hydrogens (tertiary/aromatic N) is 3. The van der Waals surface area contributed by atoms with Crippen LogP contribution in [0.3, 0.4) is 0 Å². The van der Waals surface area contributed by atoms with E-state index in [2.05, 4.69) is 15.3 Å². The van der Waals surface area contributed by atoms with Gasteiger partial charge in [-0.1, -0.05) is 12.1 Å². The Hall–Kier alpha value is -3.17. The lowest BCUT2D eigenvalue weighted by Crippen LogP contribution is -2.35. The molecule has 0 radical (unpaired) electrons. The number of para-hydroxylation sites is 1. The maximum Gasteiger partial charge on any atom is 0.384 e. The van der Waals surface area contributed by atoms with E-state index in [1.807, 2.05) is 0 Å². The van der Waals surface area contributed by atoms with Crippen molar-refractivity contribution in [3.05, 3.63) is 30.3 Å². The second-order valence-corrected chi connectivity index (χ2v) is 9.01. The highest BCUT2D eigenvalue weighted by atomic mass is 32.2. The molecular weight excluding hydrogens is 442 g/mol. The number of amides is 2. The zero-order chi connectivity index (χ0) is 22.5. The molecule has 15 heteroatoms. The van der Waals surface area contributed by atoms with Gasteiger partial charge in [-0.25, -0.2) is 17.9 Å². The molecule has 1 aromatic heterocycles. The van der Waals surface area contributed by atoms with Crippen molar-refractivity contribution < 1.29 is 35.3 Å². The number of anilines is 1. The van der Waals surface area contributed by atoms with Gasteiger partial charge in [0.05, 0.1) is 20.3 Å². The van der Waals surface area contributed by atoms with E-state index in [0.717, 1.165) is 16.4 Å². The van der Waals surface area contributed by atoms with Gasteiger partial charge in [0.25, 0.3) is 10.0 Å². The first-order valence-electron chi connectivity index (χ1n) is 8.00. The summed E-state index contributed by atoms with van der Waals surface area (Å²) in [5, 5.41) is 2.12. The molecule has 0 aliphatic rings. The highest BCUT2D eigenvalue weighted by Crippen LogP contribution is 2.25. The second kappa shape index (κ2) is 9.10. The van der Waals surface area contributed by atoms with Crippen molar-refractivity contribution in [1.82, 2.24) is 19.0 Å². The smallest absolute Gasteiger partial charge is 0.384 e. The third kappa shape index (κ3) is 5.68. The summed E-state index contributed by atoms with van der Waals surface area (Å²) in [6.07, 6.45) is 0. The summed E-state index contributed by atoms with van der Waals surface area (Å²) in [6.45, 7) is 0. The van der Waals surface area contributed by atoms with Crippen molar-refractivity contribution in [2.75, 3.05) is 33.6 Å². The number of rotatable bonds is 8. The fraction of sp³-hybridized carbons (Fsp3) is 0.267. The molecule has 0 saturated heterocycles. The topological polar surface area (TPSA) is 166 Å². The van der Waals surface area contributed by atoms with E-state index in [9.17, 15) is 21.6 Å². The lowest BCUT2D eigenvalue weighted by atomic mass is 10.3. The number of ether oxygens (including phenoxy) is 2. The third-order valence-corrected chi connectivity index (χ3v) is 5.99. The van der Waals surface area contributed by atoms with Gasteiger partial charge in [-0.2, -0.15) is 22.7 Å². The first kappa shape index (κ1) is 23.1. The summed E-state index contributed by atoms with van der Waals surface area (Å²) in [7, 11) is -3.69. The van der Waals surface area contributed by atoms with Gasteiger partial charge in [-0.3, -0.25) is 5.32 Å². The Bertz CT molecular complexity index is 1110. The molecule has 0 atom stereocenters. The molecule has 0 aliphatic carbocycles. The molecule has 30 heavy (non-hydrogen) atoms. The zero-order valence-corrected chi connectivity index (χ0v) is 17.9. The van der Waals surface area contributed by atoms with Crippen molar-refractivity contribution in [3.8, 4) is 17.5 Å². The number of sulfonamides is 1. The molecule has 0 spiro atoms. The lowest BCUT2D eigenvalue weighted by molar-refractivity contribution is 0.256. The van der Waals surface area contributed by atoms with E-state index in [1.54, 1.807) is 4.72 Å².